The third kappa shape index (κ3) is 17.3. The summed E-state index contributed by atoms with van der Waals surface area (Å²) < 4.78 is 10.0. The molecule has 0 N–H and O–H groups in total. The first kappa shape index (κ1) is 29.2. The monoisotopic (exact) mass is 364 g/mol. The van der Waals surface area contributed by atoms with Gasteiger partial charge in [0.2, 0.25) is 0 Å². The number of benzene rings is 1. The van der Waals surface area contributed by atoms with Crippen molar-refractivity contribution in [3.05, 3.63) is 54.6 Å². The van der Waals surface area contributed by atoms with Crippen LogP contribution in [0.4, 0.5) is 0 Å². The summed E-state index contributed by atoms with van der Waals surface area (Å²) in [5.41, 5.74) is 2.76. The van der Waals surface area contributed by atoms with Crippen LogP contribution in [0.2, 0.25) is 0 Å². The molecule has 0 spiro atoms. The van der Waals surface area contributed by atoms with Crippen LogP contribution in [0.25, 0.3) is 5.76 Å². The van der Waals surface area contributed by atoms with E-state index in [1.807, 2.05) is 32.1 Å². The van der Waals surface area contributed by atoms with Gasteiger partial charge in [-0.15, -0.1) is 6.58 Å². The molecule has 0 heterocycles. The molecule has 26 heavy (non-hydrogen) atoms. The van der Waals surface area contributed by atoms with Crippen LogP contribution in [-0.4, -0.2) is 20.8 Å². The fraction of sp³-hybridized carbons (Fsp3) is 0.583. The van der Waals surface area contributed by atoms with Gasteiger partial charge in [0, 0.05) is 12.7 Å². The zero-order chi connectivity index (χ0) is 21.0. The molecule has 1 aromatic rings. The molecule has 2 heteroatoms. The van der Waals surface area contributed by atoms with Crippen LogP contribution in [0.5, 0.6) is 0 Å². The maximum atomic E-state index is 5.02. The molecule has 2 nitrogen and oxygen atoms in total. The fourth-order valence-corrected chi connectivity index (χ4v) is 1.54. The molecular weight excluding hydrogens is 320 g/mol. The first-order valence-electron chi connectivity index (χ1n) is 9.73. The highest BCUT2D eigenvalue weighted by molar-refractivity contribution is 5.57. The van der Waals surface area contributed by atoms with Crippen LogP contribution >= 0.6 is 0 Å². The molecule has 0 unspecified atom stereocenters. The summed E-state index contributed by atoms with van der Waals surface area (Å²) in [7, 11) is 3.38. The summed E-state index contributed by atoms with van der Waals surface area (Å²) in [6.07, 6.45) is 5.21. The van der Waals surface area contributed by atoms with Crippen molar-refractivity contribution in [1.82, 2.24) is 0 Å². The van der Waals surface area contributed by atoms with Crippen molar-refractivity contribution < 1.29 is 9.47 Å². The van der Waals surface area contributed by atoms with Gasteiger partial charge < -0.3 is 9.47 Å². The standard InChI is InChI=1S/C11H14O.C7H16O.C4H8.C2H6/c1-4-10-5-7-11(8-6-10)9(2)12-3;1-5-7(2,3)6-8-4;1-3-4-2;1-2/h5-8H,2,4H2,1,3H3;5-6H2,1-4H3;3H,1,4H2,2H3;1-2H3. The minimum Gasteiger partial charge on any atom is -0.497 e. The number of allylic oxidation sites excluding steroid dienone is 1. The van der Waals surface area contributed by atoms with Crippen LogP contribution < -0.4 is 0 Å². The Morgan fingerprint density at radius 2 is 1.50 bits per heavy atom. The van der Waals surface area contributed by atoms with Gasteiger partial charge in [-0.1, -0.05) is 85.4 Å². The summed E-state index contributed by atoms with van der Waals surface area (Å²) in [6, 6.07) is 8.26. The number of hydrogen-bond acceptors (Lipinski definition) is 2. The summed E-state index contributed by atoms with van der Waals surface area (Å²) >= 11 is 0. The molecule has 0 saturated heterocycles. The first-order chi connectivity index (χ1) is 12.3. The van der Waals surface area contributed by atoms with E-state index in [2.05, 4.69) is 59.9 Å². The topological polar surface area (TPSA) is 18.5 Å². The highest BCUT2D eigenvalue weighted by Gasteiger charge is 2.13. The molecule has 0 aliphatic rings. The molecule has 0 aliphatic carbocycles. The second kappa shape index (κ2) is 19.8. The summed E-state index contributed by atoms with van der Waals surface area (Å²) in [4.78, 5) is 0. The minimum absolute atomic E-state index is 0.370. The van der Waals surface area contributed by atoms with Crippen LogP contribution in [0.3, 0.4) is 0 Å². The fourth-order valence-electron chi connectivity index (χ4n) is 1.54. The van der Waals surface area contributed by atoms with Gasteiger partial charge in [-0.05, 0) is 30.2 Å². The molecule has 0 radical (unpaired) electrons. The van der Waals surface area contributed by atoms with Gasteiger partial charge in [0.15, 0.2) is 0 Å². The Morgan fingerprint density at radius 3 is 1.73 bits per heavy atom. The highest BCUT2D eigenvalue weighted by atomic mass is 16.5. The van der Waals surface area contributed by atoms with E-state index in [0.717, 1.165) is 30.8 Å². The van der Waals surface area contributed by atoms with Gasteiger partial charge in [-0.2, -0.15) is 0 Å². The lowest BCUT2D eigenvalue weighted by Crippen LogP contribution is -2.16. The van der Waals surface area contributed by atoms with Crippen molar-refractivity contribution in [2.75, 3.05) is 20.8 Å². The van der Waals surface area contributed by atoms with Crippen molar-refractivity contribution in [2.45, 2.75) is 67.7 Å². The van der Waals surface area contributed by atoms with Gasteiger partial charge in [-0.3, -0.25) is 0 Å². The number of methoxy groups -OCH3 is 2. The Hall–Kier alpha value is -1.54. The average molecular weight is 365 g/mol. The van der Waals surface area contributed by atoms with E-state index in [1.165, 1.54) is 12.0 Å². The normalized spacial score (nSPS) is 9.27. The molecule has 0 fully saturated rings. The maximum Gasteiger partial charge on any atom is 0.118 e. The predicted octanol–water partition coefficient (Wildman–Crippen LogP) is 7.54. The molecule has 152 valence electrons. The Kier molecular flexibility index (Phi) is 22.2. The molecule has 0 aromatic heterocycles. The van der Waals surface area contributed by atoms with Gasteiger partial charge >= 0.3 is 0 Å². The molecule has 0 bridgehead atoms. The summed E-state index contributed by atoms with van der Waals surface area (Å²) in [5, 5.41) is 0. The van der Waals surface area contributed by atoms with E-state index in [-0.39, 0.29) is 0 Å². The lowest BCUT2D eigenvalue weighted by Gasteiger charge is -2.20. The zero-order valence-electron chi connectivity index (χ0n) is 18.9. The largest absolute Gasteiger partial charge is 0.497 e. The van der Waals surface area contributed by atoms with Crippen molar-refractivity contribution in [2.24, 2.45) is 5.41 Å². The van der Waals surface area contributed by atoms with E-state index in [4.69, 9.17) is 9.47 Å². The molecule has 1 aromatic carbocycles. The minimum atomic E-state index is 0.370. The van der Waals surface area contributed by atoms with E-state index in [0.29, 0.717) is 5.41 Å². The van der Waals surface area contributed by atoms with Gasteiger partial charge in [0.1, 0.15) is 5.76 Å². The van der Waals surface area contributed by atoms with Crippen LogP contribution in [0.15, 0.2) is 43.5 Å². The van der Waals surface area contributed by atoms with Gasteiger partial charge in [0.05, 0.1) is 13.7 Å². The van der Waals surface area contributed by atoms with Gasteiger partial charge in [-0.25, -0.2) is 0 Å². The lowest BCUT2D eigenvalue weighted by molar-refractivity contribution is 0.102. The molecule has 1 rings (SSSR count). The average Bonchev–Trinajstić information content (AvgIpc) is 2.69. The number of ether oxygens (including phenoxy) is 2. The van der Waals surface area contributed by atoms with Crippen molar-refractivity contribution in [1.29, 1.82) is 0 Å². The van der Waals surface area contributed by atoms with Crippen molar-refractivity contribution >= 4 is 5.76 Å². The molecule has 0 saturated carbocycles. The number of hydrogen-bond donors (Lipinski definition) is 0. The smallest absolute Gasteiger partial charge is 0.118 e. The number of aryl methyl sites for hydroxylation is 1. The lowest BCUT2D eigenvalue weighted by atomic mass is 9.92. The van der Waals surface area contributed by atoms with E-state index in [1.54, 1.807) is 14.2 Å². The summed E-state index contributed by atoms with van der Waals surface area (Å²) in [6.45, 7) is 22.9. The Bertz CT molecular complexity index is 430. The molecule has 0 amide bonds. The Labute approximate surface area is 164 Å². The number of rotatable bonds is 7. The van der Waals surface area contributed by atoms with Crippen molar-refractivity contribution in [3.63, 3.8) is 0 Å². The molecular formula is C24H44O2. The molecule has 0 aliphatic heterocycles. The van der Waals surface area contributed by atoms with Crippen LogP contribution in [-0.2, 0) is 15.9 Å². The third-order valence-electron chi connectivity index (χ3n) is 3.71. The third-order valence-corrected chi connectivity index (χ3v) is 3.71. The second-order valence-corrected chi connectivity index (χ2v) is 6.33. The Balaban J connectivity index is -0.000000328. The van der Waals surface area contributed by atoms with E-state index in [9.17, 15) is 0 Å². The zero-order valence-corrected chi connectivity index (χ0v) is 18.9. The first-order valence-corrected chi connectivity index (χ1v) is 9.73. The highest BCUT2D eigenvalue weighted by Crippen LogP contribution is 2.18. The van der Waals surface area contributed by atoms with Gasteiger partial charge in [0.25, 0.3) is 0 Å². The maximum absolute atomic E-state index is 5.02. The SMILES string of the molecule is C=C(OC)c1ccc(CC)cc1.C=CCC.CC.CCC(C)(C)COC. The predicted molar refractivity (Wildman–Crippen MR) is 120 cm³/mol. The van der Waals surface area contributed by atoms with Crippen LogP contribution in [0, 0.1) is 5.41 Å². The Morgan fingerprint density at radius 1 is 1.04 bits per heavy atom. The second-order valence-electron chi connectivity index (χ2n) is 6.33. The quantitative estimate of drug-likeness (QED) is 0.367. The van der Waals surface area contributed by atoms with E-state index < -0.39 is 0 Å². The van der Waals surface area contributed by atoms with E-state index >= 15 is 0 Å². The summed E-state index contributed by atoms with van der Waals surface area (Å²) in [5.74, 6) is 0.720. The molecule has 0 atom stereocenters. The van der Waals surface area contributed by atoms with Crippen LogP contribution in [0.1, 0.15) is 72.4 Å². The van der Waals surface area contributed by atoms with Crippen molar-refractivity contribution in [3.8, 4) is 0 Å².